The molecule has 2 aromatic rings. The third-order valence-corrected chi connectivity index (χ3v) is 2.74. The van der Waals surface area contributed by atoms with E-state index in [2.05, 4.69) is 15.5 Å². The van der Waals surface area contributed by atoms with Crippen LogP contribution in [-0.4, -0.2) is 20.2 Å². The van der Waals surface area contributed by atoms with E-state index in [4.69, 9.17) is 11.6 Å². The minimum absolute atomic E-state index is 0.0891. The van der Waals surface area contributed by atoms with Gasteiger partial charge in [-0.05, 0) is 39.1 Å². The monoisotopic (exact) mass is 324 g/mol. The van der Waals surface area contributed by atoms with Crippen molar-refractivity contribution in [1.29, 1.82) is 0 Å². The van der Waals surface area contributed by atoms with Gasteiger partial charge >= 0.3 is 0 Å². The zero-order valence-electron chi connectivity index (χ0n) is 6.65. The van der Waals surface area contributed by atoms with Crippen molar-refractivity contribution in [3.8, 4) is 5.69 Å². The number of benzene rings is 1. The van der Waals surface area contributed by atoms with E-state index in [0.29, 0.717) is 5.69 Å². The normalized spacial score (nSPS) is 10.5. The van der Waals surface area contributed by atoms with Gasteiger partial charge in [0.1, 0.15) is 12.1 Å². The van der Waals surface area contributed by atoms with Crippen LogP contribution in [0.15, 0.2) is 18.5 Å². The molecule has 2 rings (SSSR count). The minimum Gasteiger partial charge on any atom is -0.205 e. The Labute approximate surface area is 97.2 Å². The summed E-state index contributed by atoms with van der Waals surface area (Å²) in [6.45, 7) is 0. The molecule has 7 heteroatoms. The molecule has 0 saturated heterocycles. The average molecular weight is 324 g/mol. The van der Waals surface area contributed by atoms with E-state index in [-0.39, 0.29) is 5.02 Å². The van der Waals surface area contributed by atoms with Crippen LogP contribution in [0.2, 0.25) is 5.02 Å². The summed E-state index contributed by atoms with van der Waals surface area (Å²) in [7, 11) is 0. The Hall–Kier alpha value is -0.760. The molecule has 0 radical (unpaired) electrons. The molecular formula is C7H3ClFIN4. The molecule has 14 heavy (non-hydrogen) atoms. The molecule has 0 amide bonds. The molecule has 1 aromatic carbocycles. The lowest BCUT2D eigenvalue weighted by molar-refractivity contribution is 0.624. The molecule has 0 N–H and O–H groups in total. The second kappa shape index (κ2) is 3.77. The highest BCUT2D eigenvalue weighted by Crippen LogP contribution is 2.23. The Morgan fingerprint density at radius 2 is 2.21 bits per heavy atom. The smallest absolute Gasteiger partial charge is 0.144 e. The van der Waals surface area contributed by atoms with Gasteiger partial charge in [-0.1, -0.05) is 11.6 Å². The van der Waals surface area contributed by atoms with Crippen molar-refractivity contribution < 1.29 is 4.39 Å². The Morgan fingerprint density at radius 1 is 1.43 bits per heavy atom. The zero-order valence-corrected chi connectivity index (χ0v) is 9.57. The summed E-state index contributed by atoms with van der Waals surface area (Å²) in [5.41, 5.74) is 0.567. The van der Waals surface area contributed by atoms with Crippen LogP contribution in [0.25, 0.3) is 5.69 Å². The molecule has 0 atom stereocenters. The van der Waals surface area contributed by atoms with Crippen LogP contribution < -0.4 is 0 Å². The van der Waals surface area contributed by atoms with Crippen molar-refractivity contribution in [1.82, 2.24) is 20.2 Å². The molecule has 0 aliphatic rings. The van der Waals surface area contributed by atoms with Crippen molar-refractivity contribution in [3.63, 3.8) is 0 Å². The van der Waals surface area contributed by atoms with Crippen molar-refractivity contribution in [2.45, 2.75) is 0 Å². The van der Waals surface area contributed by atoms with E-state index < -0.39 is 5.82 Å². The highest BCUT2D eigenvalue weighted by Gasteiger charge is 2.08. The number of rotatable bonds is 1. The van der Waals surface area contributed by atoms with Gasteiger partial charge in [-0.25, -0.2) is 4.39 Å². The number of halogens is 3. The minimum atomic E-state index is -0.488. The second-order valence-corrected chi connectivity index (χ2v) is 4.04. The summed E-state index contributed by atoms with van der Waals surface area (Å²) in [5, 5.41) is 10.7. The Morgan fingerprint density at radius 3 is 2.86 bits per heavy atom. The van der Waals surface area contributed by atoms with Crippen LogP contribution in [0.4, 0.5) is 4.39 Å². The Bertz CT molecular complexity index is 459. The predicted octanol–water partition coefficient (Wildman–Crippen LogP) is 2.06. The Balaban J connectivity index is 2.60. The summed E-state index contributed by atoms with van der Waals surface area (Å²) in [6, 6.07) is 2.81. The van der Waals surface area contributed by atoms with Crippen LogP contribution >= 0.6 is 34.2 Å². The van der Waals surface area contributed by atoms with Gasteiger partial charge in [0.05, 0.1) is 10.7 Å². The topological polar surface area (TPSA) is 43.6 Å². The summed E-state index contributed by atoms with van der Waals surface area (Å²) in [6.07, 6.45) is 1.39. The number of tetrazole rings is 1. The third-order valence-electron chi connectivity index (χ3n) is 1.59. The van der Waals surface area contributed by atoms with Gasteiger partial charge in [-0.15, -0.1) is 5.10 Å². The fraction of sp³-hybridized carbons (Fsp3) is 0. The van der Waals surface area contributed by atoms with Crippen molar-refractivity contribution >= 4 is 34.2 Å². The summed E-state index contributed by atoms with van der Waals surface area (Å²) in [4.78, 5) is 0. The molecule has 0 aliphatic carbocycles. The summed E-state index contributed by atoms with van der Waals surface area (Å²) >= 11 is 7.64. The molecule has 0 fully saturated rings. The van der Waals surface area contributed by atoms with Gasteiger partial charge in [-0.2, -0.15) is 4.68 Å². The summed E-state index contributed by atoms with van der Waals surface area (Å²) in [5.74, 6) is -0.488. The van der Waals surface area contributed by atoms with E-state index >= 15 is 0 Å². The zero-order chi connectivity index (χ0) is 10.1. The van der Waals surface area contributed by atoms with E-state index in [0.717, 1.165) is 3.57 Å². The fourth-order valence-corrected chi connectivity index (χ4v) is 2.02. The maximum atomic E-state index is 13.1. The number of aromatic nitrogens is 4. The lowest BCUT2D eigenvalue weighted by Gasteiger charge is -2.03. The maximum Gasteiger partial charge on any atom is 0.144 e. The number of hydrogen-bond donors (Lipinski definition) is 0. The van der Waals surface area contributed by atoms with Gasteiger partial charge in [0, 0.05) is 9.64 Å². The van der Waals surface area contributed by atoms with E-state index in [9.17, 15) is 4.39 Å². The highest BCUT2D eigenvalue weighted by molar-refractivity contribution is 14.1. The molecule has 1 heterocycles. The molecule has 0 spiro atoms. The molecular weight excluding hydrogens is 321 g/mol. The molecule has 72 valence electrons. The first kappa shape index (κ1) is 9.78. The van der Waals surface area contributed by atoms with Gasteiger partial charge in [0.25, 0.3) is 0 Å². The quantitative estimate of drug-likeness (QED) is 0.596. The largest absolute Gasteiger partial charge is 0.205 e. The highest BCUT2D eigenvalue weighted by atomic mass is 127. The first-order chi connectivity index (χ1) is 6.68. The first-order valence-corrected chi connectivity index (χ1v) is 5.02. The van der Waals surface area contributed by atoms with Gasteiger partial charge in [0.15, 0.2) is 0 Å². The lowest BCUT2D eigenvalue weighted by Crippen LogP contribution is -1.99. The fourth-order valence-electron chi connectivity index (χ4n) is 0.959. The average Bonchev–Trinajstić information content (AvgIpc) is 2.64. The number of hydrogen-bond acceptors (Lipinski definition) is 3. The van der Waals surface area contributed by atoms with Crippen LogP contribution in [0, 0.1) is 9.39 Å². The molecule has 1 aromatic heterocycles. The standard InChI is InChI=1S/C7H3ClFIN4/c8-4-1-6(10)7(2-5(4)9)14-3-11-12-13-14/h1-3H. The molecule has 4 nitrogen and oxygen atoms in total. The van der Waals surface area contributed by atoms with Crippen molar-refractivity contribution in [3.05, 3.63) is 32.9 Å². The van der Waals surface area contributed by atoms with Gasteiger partial charge in [0.2, 0.25) is 0 Å². The second-order valence-electron chi connectivity index (χ2n) is 2.47. The van der Waals surface area contributed by atoms with Crippen LogP contribution in [0.1, 0.15) is 0 Å². The summed E-state index contributed by atoms with van der Waals surface area (Å²) < 4.78 is 15.3. The van der Waals surface area contributed by atoms with Crippen LogP contribution in [0.3, 0.4) is 0 Å². The molecule has 0 bridgehead atoms. The van der Waals surface area contributed by atoms with E-state index in [1.54, 1.807) is 0 Å². The predicted molar refractivity (Wildman–Crippen MR) is 56.8 cm³/mol. The third kappa shape index (κ3) is 1.71. The SMILES string of the molecule is Fc1cc(-n2cnnn2)c(I)cc1Cl. The molecule has 0 saturated carbocycles. The van der Waals surface area contributed by atoms with Crippen LogP contribution in [-0.2, 0) is 0 Å². The van der Waals surface area contributed by atoms with Crippen molar-refractivity contribution in [2.75, 3.05) is 0 Å². The van der Waals surface area contributed by atoms with Crippen molar-refractivity contribution in [2.24, 2.45) is 0 Å². The van der Waals surface area contributed by atoms with Gasteiger partial charge in [-0.3, -0.25) is 0 Å². The number of nitrogens with zero attached hydrogens (tertiary/aromatic N) is 4. The van der Waals surface area contributed by atoms with E-state index in [1.165, 1.54) is 23.1 Å². The molecule has 0 aliphatic heterocycles. The Kier molecular flexibility index (Phi) is 2.64. The maximum absolute atomic E-state index is 13.1. The van der Waals surface area contributed by atoms with Crippen LogP contribution in [0.5, 0.6) is 0 Å². The lowest BCUT2D eigenvalue weighted by atomic mass is 10.3. The first-order valence-electron chi connectivity index (χ1n) is 3.56. The molecule has 0 unspecified atom stereocenters. The van der Waals surface area contributed by atoms with Gasteiger partial charge < -0.3 is 0 Å². The van der Waals surface area contributed by atoms with E-state index in [1.807, 2.05) is 22.6 Å².